The fraction of sp³-hybridized carbons (Fsp3) is 1.00. The van der Waals surface area contributed by atoms with Gasteiger partial charge in [0.15, 0.2) is 0 Å². The van der Waals surface area contributed by atoms with Crippen molar-refractivity contribution in [3.63, 3.8) is 0 Å². The van der Waals surface area contributed by atoms with Crippen LogP contribution in [0.15, 0.2) is 0 Å². The maximum absolute atomic E-state index is 5.81. The minimum Gasteiger partial charge on any atom is -0.377 e. The van der Waals surface area contributed by atoms with Crippen molar-refractivity contribution in [3.8, 4) is 0 Å². The van der Waals surface area contributed by atoms with Crippen LogP contribution in [0.4, 0.5) is 0 Å². The van der Waals surface area contributed by atoms with Crippen molar-refractivity contribution >= 4 is 0 Å². The summed E-state index contributed by atoms with van der Waals surface area (Å²) in [5.74, 6) is 0.798. The van der Waals surface area contributed by atoms with Crippen LogP contribution in [0.1, 0.15) is 47.0 Å². The van der Waals surface area contributed by atoms with E-state index in [1.165, 1.54) is 19.3 Å². The van der Waals surface area contributed by atoms with E-state index in [9.17, 15) is 0 Å². The molecule has 0 aromatic carbocycles. The second-order valence-corrected chi connectivity index (χ2v) is 5.06. The van der Waals surface area contributed by atoms with Gasteiger partial charge in [0.25, 0.3) is 0 Å². The molecule has 0 unspecified atom stereocenters. The number of hydrogen-bond donors (Lipinski definition) is 1. The standard InChI is InChI=1S/C12H25NO/c1-5-6-11-7-8-14-10(2)12(3,4)13-9-11/h10-11,13H,5-9H2,1-4H3/t10-,11+/m0/s1. The Morgan fingerprint density at radius 1 is 1.43 bits per heavy atom. The van der Waals surface area contributed by atoms with Crippen LogP contribution in [0.25, 0.3) is 0 Å². The van der Waals surface area contributed by atoms with Gasteiger partial charge in [-0.3, -0.25) is 0 Å². The van der Waals surface area contributed by atoms with E-state index in [0.717, 1.165) is 19.1 Å². The van der Waals surface area contributed by atoms with E-state index in [1.807, 2.05) is 0 Å². The largest absolute Gasteiger partial charge is 0.377 e. The first-order chi connectivity index (χ1) is 6.56. The van der Waals surface area contributed by atoms with E-state index in [2.05, 4.69) is 33.0 Å². The molecule has 84 valence electrons. The summed E-state index contributed by atoms with van der Waals surface area (Å²) in [7, 11) is 0. The molecule has 1 aliphatic rings. The lowest BCUT2D eigenvalue weighted by molar-refractivity contribution is -0.0121. The second kappa shape index (κ2) is 5.13. The van der Waals surface area contributed by atoms with Gasteiger partial charge in [-0.15, -0.1) is 0 Å². The lowest BCUT2D eigenvalue weighted by atomic mass is 9.93. The lowest BCUT2D eigenvalue weighted by Gasteiger charge is -2.37. The average molecular weight is 199 g/mol. The molecule has 1 heterocycles. The monoisotopic (exact) mass is 199 g/mol. The molecule has 2 nitrogen and oxygen atoms in total. The molecule has 14 heavy (non-hydrogen) atoms. The second-order valence-electron chi connectivity index (χ2n) is 5.06. The Bertz CT molecular complexity index is 168. The number of nitrogens with one attached hydrogen (secondary N) is 1. The molecular formula is C12H25NO. The van der Waals surface area contributed by atoms with Crippen LogP contribution in [0, 0.1) is 5.92 Å². The third-order valence-electron chi connectivity index (χ3n) is 3.45. The zero-order chi connectivity index (χ0) is 10.6. The molecule has 0 amide bonds. The van der Waals surface area contributed by atoms with Crippen LogP contribution >= 0.6 is 0 Å². The van der Waals surface area contributed by atoms with E-state index >= 15 is 0 Å². The number of hydrogen-bond acceptors (Lipinski definition) is 2. The quantitative estimate of drug-likeness (QED) is 0.738. The van der Waals surface area contributed by atoms with Crippen molar-refractivity contribution in [1.29, 1.82) is 0 Å². The summed E-state index contributed by atoms with van der Waals surface area (Å²) in [5, 5.41) is 3.62. The van der Waals surface area contributed by atoms with Gasteiger partial charge in [0.05, 0.1) is 6.10 Å². The zero-order valence-electron chi connectivity index (χ0n) is 10.1. The smallest absolute Gasteiger partial charge is 0.0723 e. The normalized spacial score (nSPS) is 33.4. The minimum absolute atomic E-state index is 0.117. The molecule has 1 rings (SSSR count). The van der Waals surface area contributed by atoms with E-state index < -0.39 is 0 Å². The summed E-state index contributed by atoms with van der Waals surface area (Å²) in [6.07, 6.45) is 4.12. The highest BCUT2D eigenvalue weighted by atomic mass is 16.5. The van der Waals surface area contributed by atoms with E-state index in [-0.39, 0.29) is 5.54 Å². The molecule has 0 bridgehead atoms. The summed E-state index contributed by atoms with van der Waals surface area (Å²) in [4.78, 5) is 0. The van der Waals surface area contributed by atoms with Crippen molar-refractivity contribution in [2.24, 2.45) is 5.92 Å². The fourth-order valence-electron chi connectivity index (χ4n) is 1.93. The average Bonchev–Trinajstić information content (AvgIpc) is 2.12. The highest BCUT2D eigenvalue weighted by Crippen LogP contribution is 2.20. The van der Waals surface area contributed by atoms with E-state index in [1.54, 1.807) is 0 Å². The van der Waals surface area contributed by atoms with Gasteiger partial charge >= 0.3 is 0 Å². The van der Waals surface area contributed by atoms with Crippen molar-refractivity contribution < 1.29 is 4.74 Å². The van der Waals surface area contributed by atoms with Gasteiger partial charge in [0, 0.05) is 12.1 Å². The molecule has 1 N–H and O–H groups in total. The first kappa shape index (κ1) is 12.0. The molecule has 0 aromatic heterocycles. The Kier molecular flexibility index (Phi) is 4.39. The van der Waals surface area contributed by atoms with Gasteiger partial charge in [-0.2, -0.15) is 0 Å². The maximum atomic E-state index is 5.81. The summed E-state index contributed by atoms with van der Waals surface area (Å²) >= 11 is 0. The van der Waals surface area contributed by atoms with Gasteiger partial charge in [-0.1, -0.05) is 13.3 Å². The summed E-state index contributed by atoms with van der Waals surface area (Å²) in [5.41, 5.74) is 0.117. The summed E-state index contributed by atoms with van der Waals surface area (Å²) in [6, 6.07) is 0. The molecular weight excluding hydrogens is 174 g/mol. The Balaban J connectivity index is 2.47. The SMILES string of the molecule is CCC[C@@H]1CCO[C@@H](C)C(C)(C)NC1. The summed E-state index contributed by atoms with van der Waals surface area (Å²) < 4.78 is 5.81. The third-order valence-corrected chi connectivity index (χ3v) is 3.45. The molecule has 1 saturated heterocycles. The van der Waals surface area contributed by atoms with Crippen molar-refractivity contribution in [3.05, 3.63) is 0 Å². The fourth-order valence-corrected chi connectivity index (χ4v) is 1.93. The molecule has 0 spiro atoms. The van der Waals surface area contributed by atoms with Crippen molar-refractivity contribution in [2.75, 3.05) is 13.2 Å². The van der Waals surface area contributed by atoms with Gasteiger partial charge in [-0.25, -0.2) is 0 Å². The van der Waals surface area contributed by atoms with Gasteiger partial charge in [0.1, 0.15) is 0 Å². The minimum atomic E-state index is 0.117. The maximum Gasteiger partial charge on any atom is 0.0723 e. The Morgan fingerprint density at radius 2 is 2.14 bits per heavy atom. The first-order valence-electron chi connectivity index (χ1n) is 5.93. The van der Waals surface area contributed by atoms with Crippen LogP contribution in [0.2, 0.25) is 0 Å². The van der Waals surface area contributed by atoms with Gasteiger partial charge in [0.2, 0.25) is 0 Å². The van der Waals surface area contributed by atoms with Crippen LogP contribution in [-0.4, -0.2) is 24.8 Å². The van der Waals surface area contributed by atoms with E-state index in [4.69, 9.17) is 4.74 Å². The molecule has 1 aliphatic heterocycles. The van der Waals surface area contributed by atoms with Gasteiger partial charge in [-0.05, 0) is 46.1 Å². The zero-order valence-corrected chi connectivity index (χ0v) is 10.1. The van der Waals surface area contributed by atoms with E-state index in [0.29, 0.717) is 6.10 Å². The molecule has 0 aliphatic carbocycles. The van der Waals surface area contributed by atoms with Crippen LogP contribution < -0.4 is 5.32 Å². The summed E-state index contributed by atoms with van der Waals surface area (Å²) in [6.45, 7) is 10.9. The third kappa shape index (κ3) is 3.25. The van der Waals surface area contributed by atoms with Gasteiger partial charge < -0.3 is 10.1 Å². The molecule has 2 atom stereocenters. The van der Waals surface area contributed by atoms with Crippen LogP contribution in [0.3, 0.4) is 0 Å². The molecule has 0 radical (unpaired) electrons. The lowest BCUT2D eigenvalue weighted by Crippen LogP contribution is -2.52. The predicted molar refractivity (Wildman–Crippen MR) is 60.5 cm³/mol. The Morgan fingerprint density at radius 3 is 2.79 bits per heavy atom. The number of rotatable bonds is 2. The van der Waals surface area contributed by atoms with Crippen molar-refractivity contribution in [1.82, 2.24) is 5.32 Å². The van der Waals surface area contributed by atoms with Crippen molar-refractivity contribution in [2.45, 2.75) is 58.6 Å². The van der Waals surface area contributed by atoms with Crippen LogP contribution in [0.5, 0.6) is 0 Å². The Labute approximate surface area is 88.4 Å². The predicted octanol–water partition coefficient (Wildman–Crippen LogP) is 2.58. The highest BCUT2D eigenvalue weighted by molar-refractivity contribution is 4.86. The highest BCUT2D eigenvalue weighted by Gasteiger charge is 2.28. The Hall–Kier alpha value is -0.0800. The topological polar surface area (TPSA) is 21.3 Å². The molecule has 0 aromatic rings. The van der Waals surface area contributed by atoms with Crippen LogP contribution in [-0.2, 0) is 4.74 Å². The molecule has 1 fully saturated rings. The molecule has 2 heteroatoms. The number of ether oxygens (including phenoxy) is 1. The molecule has 0 saturated carbocycles. The first-order valence-corrected chi connectivity index (χ1v) is 5.93.